The molecule has 2 N–H and O–H groups in total. The maximum atomic E-state index is 13.0. The quantitative estimate of drug-likeness (QED) is 0.594. The van der Waals surface area contributed by atoms with Crippen LogP contribution >= 0.6 is 0 Å². The normalized spacial score (nSPS) is 10.4. The van der Waals surface area contributed by atoms with Gasteiger partial charge in [0, 0.05) is 23.9 Å². The molecule has 0 radical (unpaired) electrons. The van der Waals surface area contributed by atoms with Crippen molar-refractivity contribution in [3.05, 3.63) is 72.2 Å². The lowest BCUT2D eigenvalue weighted by Gasteiger charge is -2.10. The number of aromatic nitrogens is 2. The molecule has 0 saturated heterocycles. The van der Waals surface area contributed by atoms with Crippen molar-refractivity contribution < 1.29 is 9.18 Å². The second kappa shape index (κ2) is 8.89. The van der Waals surface area contributed by atoms with Gasteiger partial charge in [0.15, 0.2) is 5.82 Å². The monoisotopic (exact) mass is 364 g/mol. The van der Waals surface area contributed by atoms with Crippen molar-refractivity contribution in [2.45, 2.75) is 19.8 Å². The van der Waals surface area contributed by atoms with Crippen LogP contribution in [0.4, 0.5) is 15.9 Å². The fourth-order valence-corrected chi connectivity index (χ4v) is 2.49. The van der Waals surface area contributed by atoms with Gasteiger partial charge in [-0.3, -0.25) is 4.79 Å². The fourth-order valence-electron chi connectivity index (χ4n) is 2.49. The minimum Gasteiger partial charge on any atom is -0.370 e. The molecular formula is C21H21FN4O. The van der Waals surface area contributed by atoms with E-state index in [0.717, 1.165) is 24.9 Å². The lowest BCUT2D eigenvalue weighted by molar-refractivity contribution is 0.102. The molecule has 5 nitrogen and oxygen atoms in total. The van der Waals surface area contributed by atoms with Gasteiger partial charge in [-0.25, -0.2) is 14.4 Å². The first kappa shape index (κ1) is 18.5. The molecule has 0 aliphatic carbocycles. The van der Waals surface area contributed by atoms with Gasteiger partial charge in [-0.15, -0.1) is 0 Å². The van der Waals surface area contributed by atoms with Crippen molar-refractivity contribution in [1.82, 2.24) is 9.97 Å². The van der Waals surface area contributed by atoms with Gasteiger partial charge in [-0.05, 0) is 30.7 Å². The summed E-state index contributed by atoms with van der Waals surface area (Å²) in [7, 11) is 0. The highest BCUT2D eigenvalue weighted by molar-refractivity contribution is 6.03. The molecule has 0 atom stereocenters. The molecule has 138 valence electrons. The Morgan fingerprint density at radius 1 is 1.04 bits per heavy atom. The number of carbonyl (C=O) groups is 1. The lowest BCUT2D eigenvalue weighted by atomic mass is 10.2. The van der Waals surface area contributed by atoms with Gasteiger partial charge in [0.25, 0.3) is 5.91 Å². The minimum atomic E-state index is -0.375. The second-order valence-corrected chi connectivity index (χ2v) is 6.07. The number of unbranched alkanes of at least 4 members (excludes halogenated alkanes) is 1. The fraction of sp³-hybridized carbons (Fsp3) is 0.190. The standard InChI is InChI=1S/C21H21FN4O/c1-2-3-13-23-19-14-18(21(27)24-17-11-9-16(22)10-12-17)25-20(26-19)15-7-5-4-6-8-15/h4-12,14H,2-3,13H2,1H3,(H,24,27)(H,23,25,26). The third-order valence-electron chi connectivity index (χ3n) is 3.93. The third-order valence-corrected chi connectivity index (χ3v) is 3.93. The Morgan fingerprint density at radius 3 is 2.48 bits per heavy atom. The number of benzene rings is 2. The van der Waals surface area contributed by atoms with Gasteiger partial charge in [0.2, 0.25) is 0 Å². The third kappa shape index (κ3) is 5.10. The number of hydrogen-bond donors (Lipinski definition) is 2. The van der Waals surface area contributed by atoms with Crippen molar-refractivity contribution in [3.63, 3.8) is 0 Å². The minimum absolute atomic E-state index is 0.243. The molecule has 3 rings (SSSR count). The van der Waals surface area contributed by atoms with E-state index >= 15 is 0 Å². The summed E-state index contributed by atoms with van der Waals surface area (Å²) in [5, 5.41) is 5.98. The van der Waals surface area contributed by atoms with Crippen LogP contribution in [-0.4, -0.2) is 22.4 Å². The van der Waals surface area contributed by atoms with Crippen molar-refractivity contribution >= 4 is 17.4 Å². The summed E-state index contributed by atoms with van der Waals surface area (Å²) in [5.74, 6) is 0.339. The Bertz CT molecular complexity index is 898. The van der Waals surface area contributed by atoms with Crippen LogP contribution in [0.1, 0.15) is 30.3 Å². The molecule has 0 bridgehead atoms. The molecule has 1 aromatic heterocycles. The summed E-state index contributed by atoms with van der Waals surface area (Å²) in [6.07, 6.45) is 2.06. The second-order valence-electron chi connectivity index (χ2n) is 6.07. The highest BCUT2D eigenvalue weighted by Crippen LogP contribution is 2.19. The van der Waals surface area contributed by atoms with E-state index in [4.69, 9.17) is 0 Å². The van der Waals surface area contributed by atoms with E-state index in [2.05, 4.69) is 27.5 Å². The molecule has 2 aromatic carbocycles. The van der Waals surface area contributed by atoms with Crippen LogP contribution in [0.5, 0.6) is 0 Å². The first-order valence-electron chi connectivity index (χ1n) is 8.91. The van der Waals surface area contributed by atoms with Crippen LogP contribution in [-0.2, 0) is 0 Å². The van der Waals surface area contributed by atoms with Gasteiger partial charge in [-0.1, -0.05) is 43.7 Å². The van der Waals surface area contributed by atoms with Crippen LogP contribution < -0.4 is 10.6 Å². The Kier molecular flexibility index (Phi) is 6.10. The van der Waals surface area contributed by atoms with Crippen molar-refractivity contribution in [2.24, 2.45) is 0 Å². The van der Waals surface area contributed by atoms with Crippen LogP contribution in [0.3, 0.4) is 0 Å². The van der Waals surface area contributed by atoms with E-state index in [-0.39, 0.29) is 17.4 Å². The number of nitrogens with one attached hydrogen (secondary N) is 2. The number of amides is 1. The Labute approximate surface area is 157 Å². The molecule has 0 spiro atoms. The average molecular weight is 364 g/mol. The summed E-state index contributed by atoms with van der Waals surface area (Å²) in [6, 6.07) is 16.7. The zero-order valence-corrected chi connectivity index (χ0v) is 15.1. The number of rotatable bonds is 7. The van der Waals surface area contributed by atoms with Gasteiger partial charge in [0.1, 0.15) is 17.3 Å². The maximum absolute atomic E-state index is 13.0. The maximum Gasteiger partial charge on any atom is 0.274 e. The van der Waals surface area contributed by atoms with Crippen LogP contribution in [0, 0.1) is 5.82 Å². The van der Waals surface area contributed by atoms with E-state index in [1.807, 2.05) is 30.3 Å². The van der Waals surface area contributed by atoms with Crippen molar-refractivity contribution in [1.29, 1.82) is 0 Å². The molecule has 1 heterocycles. The summed E-state index contributed by atoms with van der Waals surface area (Å²) in [5.41, 5.74) is 1.57. The molecule has 1 amide bonds. The molecule has 0 unspecified atom stereocenters. The Morgan fingerprint density at radius 2 is 1.78 bits per heavy atom. The highest BCUT2D eigenvalue weighted by atomic mass is 19.1. The molecular weight excluding hydrogens is 343 g/mol. The van der Waals surface area contributed by atoms with E-state index in [0.29, 0.717) is 17.3 Å². The predicted octanol–water partition coefficient (Wildman–Crippen LogP) is 4.75. The number of halogens is 1. The van der Waals surface area contributed by atoms with Gasteiger partial charge >= 0.3 is 0 Å². The number of hydrogen-bond acceptors (Lipinski definition) is 4. The predicted molar refractivity (Wildman–Crippen MR) is 105 cm³/mol. The first-order chi connectivity index (χ1) is 13.2. The van der Waals surface area contributed by atoms with E-state index < -0.39 is 0 Å². The molecule has 6 heteroatoms. The van der Waals surface area contributed by atoms with Crippen molar-refractivity contribution in [2.75, 3.05) is 17.2 Å². The van der Waals surface area contributed by atoms with Gasteiger partial charge in [-0.2, -0.15) is 0 Å². The Balaban J connectivity index is 1.88. The molecule has 0 aliphatic rings. The molecule has 0 saturated carbocycles. The summed E-state index contributed by atoms with van der Waals surface area (Å²) >= 11 is 0. The molecule has 3 aromatic rings. The van der Waals surface area contributed by atoms with E-state index in [1.54, 1.807) is 6.07 Å². The van der Waals surface area contributed by atoms with E-state index in [1.165, 1.54) is 24.3 Å². The SMILES string of the molecule is CCCCNc1cc(C(=O)Nc2ccc(F)cc2)nc(-c2ccccc2)n1. The Hall–Kier alpha value is -3.28. The molecule has 0 aliphatic heterocycles. The number of nitrogens with zero attached hydrogens (tertiary/aromatic N) is 2. The lowest BCUT2D eigenvalue weighted by Crippen LogP contribution is -2.16. The summed E-state index contributed by atoms with van der Waals surface area (Å²) in [6.45, 7) is 2.87. The topological polar surface area (TPSA) is 66.9 Å². The van der Waals surface area contributed by atoms with Crippen LogP contribution in [0.2, 0.25) is 0 Å². The van der Waals surface area contributed by atoms with Gasteiger partial charge in [0.05, 0.1) is 0 Å². The van der Waals surface area contributed by atoms with Crippen LogP contribution in [0.15, 0.2) is 60.7 Å². The summed E-state index contributed by atoms with van der Waals surface area (Å²) < 4.78 is 13.0. The van der Waals surface area contributed by atoms with E-state index in [9.17, 15) is 9.18 Å². The average Bonchev–Trinajstić information content (AvgIpc) is 2.70. The van der Waals surface area contributed by atoms with Crippen LogP contribution in [0.25, 0.3) is 11.4 Å². The first-order valence-corrected chi connectivity index (χ1v) is 8.91. The molecule has 0 fully saturated rings. The largest absolute Gasteiger partial charge is 0.370 e. The number of carbonyl (C=O) groups excluding carboxylic acids is 1. The highest BCUT2D eigenvalue weighted by Gasteiger charge is 2.13. The zero-order chi connectivity index (χ0) is 19.1. The number of anilines is 2. The smallest absolute Gasteiger partial charge is 0.274 e. The van der Waals surface area contributed by atoms with Crippen molar-refractivity contribution in [3.8, 4) is 11.4 Å². The van der Waals surface area contributed by atoms with Gasteiger partial charge < -0.3 is 10.6 Å². The molecule has 27 heavy (non-hydrogen) atoms. The summed E-state index contributed by atoms with van der Waals surface area (Å²) in [4.78, 5) is 21.6. The zero-order valence-electron chi connectivity index (χ0n) is 15.1.